The molecule has 6 nitrogen and oxygen atoms in total. The molecule has 0 saturated carbocycles. The van der Waals surface area contributed by atoms with E-state index < -0.39 is 0 Å². The normalized spacial score (nSPS) is 10.8. The first kappa shape index (κ1) is 20.2. The van der Waals surface area contributed by atoms with Gasteiger partial charge in [-0.1, -0.05) is 24.3 Å². The maximum Gasteiger partial charge on any atom is 0.253 e. The van der Waals surface area contributed by atoms with Gasteiger partial charge in [-0.3, -0.25) is 14.4 Å². The molecule has 0 aliphatic heterocycles. The van der Waals surface area contributed by atoms with Gasteiger partial charge in [0.1, 0.15) is 0 Å². The smallest absolute Gasteiger partial charge is 0.253 e. The first-order chi connectivity index (χ1) is 12.7. The molecule has 2 rings (SSSR count). The summed E-state index contributed by atoms with van der Waals surface area (Å²) in [4.78, 5) is 36.4. The van der Waals surface area contributed by atoms with Gasteiger partial charge < -0.3 is 16.0 Å². The number of benzene rings is 2. The molecule has 0 heterocycles. The third-order valence-electron chi connectivity index (χ3n) is 3.68. The van der Waals surface area contributed by atoms with Gasteiger partial charge in [-0.05, 0) is 52.0 Å². The zero-order chi connectivity index (χ0) is 20.0. The van der Waals surface area contributed by atoms with Crippen LogP contribution in [0.5, 0.6) is 0 Å². The first-order valence-electron chi connectivity index (χ1n) is 8.72. The van der Waals surface area contributed by atoms with E-state index in [0.29, 0.717) is 22.5 Å². The number of hydrogen-bond donors (Lipinski definition) is 3. The van der Waals surface area contributed by atoms with Crippen LogP contribution in [0.15, 0.2) is 48.5 Å². The highest BCUT2D eigenvalue weighted by Gasteiger charge is 2.18. The molecule has 6 heteroatoms. The predicted molar refractivity (Wildman–Crippen MR) is 107 cm³/mol. The molecule has 0 unspecified atom stereocenters. The number of nitrogens with one attached hydrogen (secondary N) is 3. The van der Waals surface area contributed by atoms with Gasteiger partial charge in [0, 0.05) is 16.8 Å². The van der Waals surface area contributed by atoms with Crippen molar-refractivity contribution in [3.63, 3.8) is 0 Å². The molecule has 2 aromatic carbocycles. The highest BCUT2D eigenvalue weighted by molar-refractivity contribution is 6.05. The summed E-state index contributed by atoms with van der Waals surface area (Å²) in [6, 6.07) is 13.8. The van der Waals surface area contributed by atoms with E-state index in [1.54, 1.807) is 48.5 Å². The second-order valence-electron chi connectivity index (χ2n) is 7.25. The lowest BCUT2D eigenvalue weighted by atomic mass is 10.1. The third kappa shape index (κ3) is 5.95. The lowest BCUT2D eigenvalue weighted by Crippen LogP contribution is -2.40. The van der Waals surface area contributed by atoms with E-state index in [1.165, 1.54) is 6.92 Å². The Kier molecular flexibility index (Phi) is 6.34. The SMILES string of the molecule is CC(=O)c1ccccc1NC(=O)CNc1ccccc1C(=O)NC(C)(C)C. The fraction of sp³-hybridized carbons (Fsp3) is 0.286. The number of para-hydroxylation sites is 2. The van der Waals surface area contributed by atoms with Gasteiger partial charge in [0.2, 0.25) is 5.91 Å². The standard InChI is InChI=1S/C21H25N3O3/c1-14(25)15-9-5-8-12-18(15)23-19(26)13-22-17-11-7-6-10-16(17)20(27)24-21(2,3)4/h5-12,22H,13H2,1-4H3,(H,23,26)(H,24,27). The topological polar surface area (TPSA) is 87.3 Å². The lowest BCUT2D eigenvalue weighted by Gasteiger charge is -2.21. The van der Waals surface area contributed by atoms with Crippen molar-refractivity contribution in [3.05, 3.63) is 59.7 Å². The Hall–Kier alpha value is -3.15. The van der Waals surface area contributed by atoms with Gasteiger partial charge in [0.15, 0.2) is 5.78 Å². The van der Waals surface area contributed by atoms with Gasteiger partial charge in [0.05, 0.1) is 17.8 Å². The maximum absolute atomic E-state index is 12.4. The van der Waals surface area contributed by atoms with Gasteiger partial charge in [-0.2, -0.15) is 0 Å². The molecule has 3 N–H and O–H groups in total. The van der Waals surface area contributed by atoms with Crippen LogP contribution in [-0.4, -0.2) is 29.7 Å². The minimum atomic E-state index is -0.363. The monoisotopic (exact) mass is 367 g/mol. The van der Waals surface area contributed by atoms with E-state index >= 15 is 0 Å². The van der Waals surface area contributed by atoms with Crippen LogP contribution in [0.3, 0.4) is 0 Å². The first-order valence-corrected chi connectivity index (χ1v) is 8.72. The van der Waals surface area contributed by atoms with E-state index in [0.717, 1.165) is 0 Å². The zero-order valence-electron chi connectivity index (χ0n) is 16.1. The second kappa shape index (κ2) is 8.49. The number of ketones is 1. The maximum atomic E-state index is 12.4. The van der Waals surface area contributed by atoms with Crippen molar-refractivity contribution < 1.29 is 14.4 Å². The number of rotatable bonds is 6. The van der Waals surface area contributed by atoms with Crippen molar-refractivity contribution in [1.29, 1.82) is 0 Å². The van der Waals surface area contributed by atoms with Gasteiger partial charge in [0.25, 0.3) is 5.91 Å². The molecule has 0 atom stereocenters. The van der Waals surface area contributed by atoms with Crippen LogP contribution >= 0.6 is 0 Å². The molecule has 0 spiro atoms. The predicted octanol–water partition coefficient (Wildman–Crippen LogP) is 3.47. The summed E-state index contributed by atoms with van der Waals surface area (Å²) in [7, 11) is 0. The molecule has 0 fully saturated rings. The molecule has 0 aliphatic carbocycles. The highest BCUT2D eigenvalue weighted by Crippen LogP contribution is 2.17. The van der Waals surface area contributed by atoms with Gasteiger partial charge >= 0.3 is 0 Å². The van der Waals surface area contributed by atoms with Crippen molar-refractivity contribution in [3.8, 4) is 0 Å². The lowest BCUT2D eigenvalue weighted by molar-refractivity contribution is -0.114. The number of Topliss-reactive ketones (excluding diaryl/α,β-unsaturated/α-hetero) is 1. The number of hydrogen-bond acceptors (Lipinski definition) is 4. The van der Waals surface area contributed by atoms with E-state index in [9.17, 15) is 14.4 Å². The third-order valence-corrected chi connectivity index (χ3v) is 3.68. The highest BCUT2D eigenvalue weighted by atomic mass is 16.2. The van der Waals surface area contributed by atoms with Crippen LogP contribution in [0.4, 0.5) is 11.4 Å². The molecule has 0 aliphatic rings. The van der Waals surface area contributed by atoms with E-state index in [4.69, 9.17) is 0 Å². The minimum Gasteiger partial charge on any atom is -0.376 e. The van der Waals surface area contributed by atoms with Crippen molar-refractivity contribution in [2.24, 2.45) is 0 Å². The summed E-state index contributed by atoms with van der Waals surface area (Å²) >= 11 is 0. The molecule has 142 valence electrons. The number of anilines is 2. The van der Waals surface area contributed by atoms with Gasteiger partial charge in [-0.25, -0.2) is 0 Å². The second-order valence-corrected chi connectivity index (χ2v) is 7.25. The summed E-state index contributed by atoms with van der Waals surface area (Å²) in [6.07, 6.45) is 0. The average Bonchev–Trinajstić information content (AvgIpc) is 2.59. The summed E-state index contributed by atoms with van der Waals surface area (Å²) in [5.74, 6) is -0.647. The molecular formula is C21H25N3O3. The Labute approximate surface area is 159 Å². The molecule has 0 aromatic heterocycles. The fourth-order valence-electron chi connectivity index (χ4n) is 2.51. The largest absolute Gasteiger partial charge is 0.376 e. The van der Waals surface area contributed by atoms with E-state index in [2.05, 4.69) is 16.0 Å². The molecule has 2 amide bonds. The quantitative estimate of drug-likeness (QED) is 0.682. The molecule has 27 heavy (non-hydrogen) atoms. The Morgan fingerprint density at radius 2 is 1.41 bits per heavy atom. The summed E-state index contributed by atoms with van der Waals surface area (Å²) in [5, 5.41) is 8.62. The number of amides is 2. The Balaban J connectivity index is 2.06. The van der Waals surface area contributed by atoms with Crippen LogP contribution in [0.2, 0.25) is 0 Å². The van der Waals surface area contributed by atoms with Crippen LogP contribution < -0.4 is 16.0 Å². The Bertz CT molecular complexity index is 854. The Morgan fingerprint density at radius 1 is 0.852 bits per heavy atom. The van der Waals surface area contributed by atoms with E-state index in [1.807, 2.05) is 20.8 Å². The summed E-state index contributed by atoms with van der Waals surface area (Å²) in [6.45, 7) is 7.13. The van der Waals surface area contributed by atoms with Crippen molar-refractivity contribution in [1.82, 2.24) is 5.32 Å². The van der Waals surface area contributed by atoms with E-state index in [-0.39, 0.29) is 29.7 Å². The molecule has 0 radical (unpaired) electrons. The summed E-state index contributed by atoms with van der Waals surface area (Å²) in [5.41, 5.74) is 1.59. The van der Waals surface area contributed by atoms with Crippen molar-refractivity contribution in [2.45, 2.75) is 33.2 Å². The Morgan fingerprint density at radius 3 is 2.00 bits per heavy atom. The van der Waals surface area contributed by atoms with Crippen LogP contribution in [0.25, 0.3) is 0 Å². The zero-order valence-corrected chi connectivity index (χ0v) is 16.1. The van der Waals surface area contributed by atoms with Crippen molar-refractivity contribution >= 4 is 29.0 Å². The minimum absolute atomic E-state index is 0.0357. The fourth-order valence-corrected chi connectivity index (χ4v) is 2.51. The number of carbonyl (C=O) groups is 3. The van der Waals surface area contributed by atoms with Crippen LogP contribution in [-0.2, 0) is 4.79 Å². The van der Waals surface area contributed by atoms with Crippen molar-refractivity contribution in [2.75, 3.05) is 17.2 Å². The van der Waals surface area contributed by atoms with Gasteiger partial charge in [-0.15, -0.1) is 0 Å². The molecular weight excluding hydrogens is 342 g/mol. The van der Waals surface area contributed by atoms with Crippen LogP contribution in [0.1, 0.15) is 48.4 Å². The molecule has 2 aromatic rings. The summed E-state index contributed by atoms with van der Waals surface area (Å²) < 4.78 is 0. The molecule has 0 saturated heterocycles. The average molecular weight is 367 g/mol. The van der Waals surface area contributed by atoms with Crippen LogP contribution in [0, 0.1) is 0 Å². The number of carbonyl (C=O) groups excluding carboxylic acids is 3. The molecule has 0 bridgehead atoms.